The van der Waals surface area contributed by atoms with Crippen molar-refractivity contribution in [3.63, 3.8) is 0 Å². The van der Waals surface area contributed by atoms with Gasteiger partial charge in [0, 0.05) is 70.3 Å². The van der Waals surface area contributed by atoms with Gasteiger partial charge in [0.1, 0.15) is 5.82 Å². The molecule has 3 heterocycles. The first-order valence-corrected chi connectivity index (χ1v) is 13.4. The number of anilines is 3. The van der Waals surface area contributed by atoms with Crippen molar-refractivity contribution < 1.29 is 9.59 Å². The minimum atomic E-state index is -0.349. The molecule has 9 nitrogen and oxygen atoms in total. The van der Waals surface area contributed by atoms with Gasteiger partial charge in [0.25, 0.3) is 0 Å². The molecular formula is C30H27N7O2S. The van der Waals surface area contributed by atoms with E-state index < -0.39 is 0 Å². The van der Waals surface area contributed by atoms with Crippen molar-refractivity contribution in [2.75, 3.05) is 16.4 Å². The van der Waals surface area contributed by atoms with E-state index in [1.165, 1.54) is 17.4 Å². The molecule has 0 saturated carbocycles. The number of fused-ring (bicyclic) bond motifs is 1. The van der Waals surface area contributed by atoms with Crippen LogP contribution in [-0.2, 0) is 17.9 Å². The maximum absolute atomic E-state index is 12.5. The van der Waals surface area contributed by atoms with E-state index in [4.69, 9.17) is 11.5 Å². The lowest BCUT2D eigenvalue weighted by atomic mass is 10.0. The van der Waals surface area contributed by atoms with Crippen molar-refractivity contribution in [2.45, 2.75) is 13.1 Å². The Morgan fingerprint density at radius 2 is 1.73 bits per heavy atom. The Balaban J connectivity index is 1.28. The Kier molecular flexibility index (Phi) is 8.10. The summed E-state index contributed by atoms with van der Waals surface area (Å²) in [4.78, 5) is 33.2. The lowest BCUT2D eigenvalue weighted by Gasteiger charge is -2.09. The third-order valence-electron chi connectivity index (χ3n) is 6.16. The number of urea groups is 1. The molecule has 5 aromatic rings. The third-order valence-corrected chi connectivity index (χ3v) is 7.19. The van der Waals surface area contributed by atoms with Gasteiger partial charge in [-0.25, -0.2) is 9.78 Å². The average Bonchev–Trinajstić information content (AvgIpc) is 3.43. The summed E-state index contributed by atoms with van der Waals surface area (Å²) in [5.41, 5.74) is 17.8. The van der Waals surface area contributed by atoms with Crippen LogP contribution in [0.5, 0.6) is 0 Å². The molecule has 0 spiro atoms. The van der Waals surface area contributed by atoms with Gasteiger partial charge in [-0.1, -0.05) is 24.3 Å². The van der Waals surface area contributed by atoms with E-state index in [0.29, 0.717) is 30.3 Å². The summed E-state index contributed by atoms with van der Waals surface area (Å²) < 4.78 is 0.932. The molecule has 3 aromatic heterocycles. The number of nitrogens with two attached hydrogens (primary N) is 2. The topological polar surface area (TPSA) is 148 Å². The molecule has 40 heavy (non-hydrogen) atoms. The molecule has 0 bridgehead atoms. The van der Waals surface area contributed by atoms with Crippen molar-refractivity contribution in [3.8, 4) is 11.1 Å². The van der Waals surface area contributed by atoms with Gasteiger partial charge in [-0.3, -0.25) is 9.78 Å². The number of hydrogen-bond donors (Lipinski definition) is 5. The summed E-state index contributed by atoms with van der Waals surface area (Å²) in [7, 11) is 0. The minimum absolute atomic E-state index is 0.210. The van der Waals surface area contributed by atoms with Crippen LogP contribution >= 0.6 is 11.3 Å². The number of pyridine rings is 2. The average molecular weight is 550 g/mol. The summed E-state index contributed by atoms with van der Waals surface area (Å²) in [5.74, 6) is 0.199. The van der Waals surface area contributed by atoms with Gasteiger partial charge in [-0.15, -0.1) is 11.3 Å². The molecule has 7 N–H and O–H groups in total. The molecule has 0 fully saturated rings. The molecule has 10 heteroatoms. The van der Waals surface area contributed by atoms with Crippen molar-refractivity contribution in [3.05, 3.63) is 107 Å². The fourth-order valence-electron chi connectivity index (χ4n) is 4.13. The number of amides is 3. The monoisotopic (exact) mass is 549 g/mol. The van der Waals surface area contributed by atoms with Crippen LogP contribution < -0.4 is 27.4 Å². The van der Waals surface area contributed by atoms with Crippen LogP contribution in [0.15, 0.2) is 90.7 Å². The number of thiophene rings is 1. The summed E-state index contributed by atoms with van der Waals surface area (Å²) in [6, 6.07) is 18.2. The molecule has 0 aliphatic rings. The van der Waals surface area contributed by atoms with Crippen LogP contribution in [-0.4, -0.2) is 21.9 Å². The molecule has 200 valence electrons. The fraction of sp³-hybridized carbons (Fsp3) is 0.0667. The Bertz CT molecular complexity index is 1680. The number of aromatic nitrogens is 2. The Morgan fingerprint density at radius 1 is 0.950 bits per heavy atom. The number of nitrogens with zero attached hydrogens (tertiary/aromatic N) is 2. The maximum Gasteiger partial charge on any atom is 0.323 e. The molecular weight excluding hydrogens is 522 g/mol. The van der Waals surface area contributed by atoms with E-state index in [2.05, 4.69) is 25.9 Å². The molecule has 0 radical (unpaired) electrons. The SMILES string of the molecule is NCc1cccc(NC(=O)Nc2ccc(-c3csc4c(C=CC(=O)NCc5ccncc5)cnc(N)c34)cc2)c1. The van der Waals surface area contributed by atoms with Gasteiger partial charge in [-0.05, 0) is 64.5 Å². The zero-order chi connectivity index (χ0) is 27.9. The highest BCUT2D eigenvalue weighted by Gasteiger charge is 2.14. The molecule has 0 aliphatic heterocycles. The summed E-state index contributed by atoms with van der Waals surface area (Å²) in [6.07, 6.45) is 8.27. The zero-order valence-corrected chi connectivity index (χ0v) is 22.2. The molecule has 0 saturated heterocycles. The number of carbonyl (C=O) groups is 2. The Morgan fingerprint density at radius 3 is 2.50 bits per heavy atom. The lowest BCUT2D eigenvalue weighted by molar-refractivity contribution is -0.116. The second kappa shape index (κ2) is 12.2. The molecule has 5 rings (SSSR count). The van der Waals surface area contributed by atoms with Crippen LogP contribution in [0.4, 0.5) is 22.0 Å². The van der Waals surface area contributed by atoms with Gasteiger partial charge in [-0.2, -0.15) is 0 Å². The van der Waals surface area contributed by atoms with Gasteiger partial charge < -0.3 is 27.4 Å². The van der Waals surface area contributed by atoms with Crippen LogP contribution in [0, 0.1) is 0 Å². The lowest BCUT2D eigenvalue weighted by Crippen LogP contribution is -2.20. The highest BCUT2D eigenvalue weighted by atomic mass is 32.1. The molecule has 3 amide bonds. The van der Waals surface area contributed by atoms with Crippen molar-refractivity contribution in [1.29, 1.82) is 0 Å². The molecule has 0 atom stereocenters. The number of nitrogen functional groups attached to an aromatic ring is 1. The molecule has 2 aromatic carbocycles. The first-order chi connectivity index (χ1) is 19.5. The maximum atomic E-state index is 12.5. The van der Waals surface area contributed by atoms with Gasteiger partial charge in [0.2, 0.25) is 5.91 Å². The minimum Gasteiger partial charge on any atom is -0.383 e. The fourth-order valence-corrected chi connectivity index (χ4v) is 5.21. The number of benzene rings is 2. The largest absolute Gasteiger partial charge is 0.383 e. The van der Waals surface area contributed by atoms with Gasteiger partial charge in [0.15, 0.2) is 0 Å². The van der Waals surface area contributed by atoms with Crippen molar-refractivity contribution in [2.24, 2.45) is 5.73 Å². The van der Waals surface area contributed by atoms with E-state index in [-0.39, 0.29) is 11.9 Å². The van der Waals surface area contributed by atoms with Crippen LogP contribution in [0.25, 0.3) is 27.3 Å². The van der Waals surface area contributed by atoms with Gasteiger partial charge in [0.05, 0.1) is 0 Å². The van der Waals surface area contributed by atoms with E-state index >= 15 is 0 Å². The quantitative estimate of drug-likeness (QED) is 0.164. The van der Waals surface area contributed by atoms with E-state index in [1.54, 1.807) is 30.7 Å². The standard InChI is InChI=1S/C30H27N7O2S/c31-15-20-2-1-3-24(14-20)37-30(39)36-23-7-4-21(5-8-23)25-18-40-28-22(17-35-29(32)27(25)28)6-9-26(38)34-16-19-10-12-33-13-11-19/h1-14,17-18H,15-16,31H2,(H2,32,35)(H,34,38)(H2,36,37,39). The highest BCUT2D eigenvalue weighted by Crippen LogP contribution is 2.39. The second-order valence-electron chi connectivity index (χ2n) is 8.92. The van der Waals surface area contributed by atoms with Crippen molar-refractivity contribution in [1.82, 2.24) is 15.3 Å². The van der Waals surface area contributed by atoms with Gasteiger partial charge >= 0.3 is 6.03 Å². The van der Waals surface area contributed by atoms with E-state index in [9.17, 15) is 9.59 Å². The highest BCUT2D eigenvalue weighted by molar-refractivity contribution is 7.18. The summed E-state index contributed by atoms with van der Waals surface area (Å²) in [6.45, 7) is 0.814. The molecule has 0 unspecified atom stereocenters. The predicted octanol–water partition coefficient (Wildman–Crippen LogP) is 5.37. The Hall–Kier alpha value is -5.06. The number of rotatable bonds is 8. The smallest absolute Gasteiger partial charge is 0.323 e. The number of carbonyl (C=O) groups excluding carboxylic acids is 2. The van der Waals surface area contributed by atoms with Crippen LogP contribution in [0.2, 0.25) is 0 Å². The van der Waals surface area contributed by atoms with E-state index in [0.717, 1.165) is 37.9 Å². The summed E-state index contributed by atoms with van der Waals surface area (Å²) >= 11 is 1.53. The third kappa shape index (κ3) is 6.32. The summed E-state index contributed by atoms with van der Waals surface area (Å²) in [5, 5.41) is 11.4. The molecule has 0 aliphatic carbocycles. The first-order valence-electron chi connectivity index (χ1n) is 12.5. The van der Waals surface area contributed by atoms with Crippen molar-refractivity contribution >= 4 is 56.6 Å². The normalized spacial score (nSPS) is 11.0. The Labute approximate surface area is 235 Å². The van der Waals surface area contributed by atoms with Crippen LogP contribution in [0.3, 0.4) is 0 Å². The number of hydrogen-bond acceptors (Lipinski definition) is 7. The van der Waals surface area contributed by atoms with Crippen LogP contribution in [0.1, 0.15) is 16.7 Å². The predicted molar refractivity (Wildman–Crippen MR) is 162 cm³/mol. The zero-order valence-electron chi connectivity index (χ0n) is 21.4. The first kappa shape index (κ1) is 26.5. The van der Waals surface area contributed by atoms with E-state index in [1.807, 2.05) is 60.0 Å². The number of nitrogens with one attached hydrogen (secondary N) is 3. The second-order valence-corrected chi connectivity index (χ2v) is 9.80.